The summed E-state index contributed by atoms with van der Waals surface area (Å²) in [4.78, 5) is 0. The highest BCUT2D eigenvalue weighted by molar-refractivity contribution is 4.80. The van der Waals surface area contributed by atoms with Crippen molar-refractivity contribution in [1.29, 1.82) is 0 Å². The van der Waals surface area contributed by atoms with Gasteiger partial charge in [-0.1, -0.05) is 84.0 Å². The van der Waals surface area contributed by atoms with Crippen LogP contribution in [0.5, 0.6) is 0 Å². The summed E-state index contributed by atoms with van der Waals surface area (Å²) in [6.45, 7) is 8.24. The Kier molecular flexibility index (Phi) is 12.0. The van der Waals surface area contributed by atoms with E-state index >= 15 is 0 Å². The van der Waals surface area contributed by atoms with E-state index in [1.165, 1.54) is 77.0 Å². The van der Waals surface area contributed by atoms with E-state index in [1.54, 1.807) is 0 Å². The van der Waals surface area contributed by atoms with Crippen LogP contribution in [0.1, 0.15) is 97.3 Å². The first kappa shape index (κ1) is 18.0. The minimum Gasteiger partial charge on any atom is -0.325 e. The summed E-state index contributed by atoms with van der Waals surface area (Å²) in [5.41, 5.74) is 5.64. The molecule has 0 saturated carbocycles. The van der Waals surface area contributed by atoms with Crippen molar-refractivity contribution in [2.45, 2.75) is 103 Å². The summed E-state index contributed by atoms with van der Waals surface area (Å²) in [5.74, 6) is 0. The van der Waals surface area contributed by atoms with Gasteiger partial charge in [0.1, 0.15) is 0 Å². The second-order valence-corrected chi connectivity index (χ2v) is 6.29. The molecule has 0 aliphatic carbocycles. The van der Waals surface area contributed by atoms with E-state index < -0.39 is 0 Å². The normalized spacial score (nSPS) is 12.0. The molecule has 0 saturated heterocycles. The second-order valence-electron chi connectivity index (χ2n) is 6.29. The molecule has 1 radical (unpaired) electrons. The molecular weight excluding hydrogens is 218 g/mol. The highest BCUT2D eigenvalue weighted by Gasteiger charge is 2.08. The zero-order valence-electron chi connectivity index (χ0n) is 13.0. The number of unbranched alkanes of at least 4 members (excludes halogenated alkanes) is 11. The molecule has 0 aromatic heterocycles. The van der Waals surface area contributed by atoms with E-state index in [0.717, 1.165) is 6.42 Å². The minimum absolute atomic E-state index is 0.210. The zero-order chi connectivity index (χ0) is 13.7. The zero-order valence-corrected chi connectivity index (χ0v) is 13.0. The molecule has 0 amide bonds. The van der Waals surface area contributed by atoms with Crippen molar-refractivity contribution >= 4 is 0 Å². The SMILES string of the molecule is [CH2]C(C)(N)CCCCCCCCCCCCCC. The summed E-state index contributed by atoms with van der Waals surface area (Å²) in [6, 6.07) is 0. The van der Waals surface area contributed by atoms with E-state index in [-0.39, 0.29) is 5.54 Å². The number of nitrogens with two attached hydrogens (primary N) is 1. The Morgan fingerprint density at radius 3 is 1.39 bits per heavy atom. The lowest BCUT2D eigenvalue weighted by molar-refractivity contribution is 0.476. The molecule has 1 nitrogen and oxygen atoms in total. The summed E-state index contributed by atoms with van der Waals surface area (Å²) >= 11 is 0. The Balaban J connectivity index is 2.99. The first-order valence-electron chi connectivity index (χ1n) is 8.20. The summed E-state index contributed by atoms with van der Waals surface area (Å²) in [5, 5.41) is 0. The van der Waals surface area contributed by atoms with Crippen LogP contribution in [-0.2, 0) is 0 Å². The molecule has 1 atom stereocenters. The molecule has 0 aliphatic heterocycles. The summed E-state index contributed by atoms with van der Waals surface area (Å²) in [7, 11) is 0. The predicted octanol–water partition coefficient (Wildman–Crippen LogP) is 5.63. The smallest absolute Gasteiger partial charge is 0.0126 e. The van der Waals surface area contributed by atoms with Gasteiger partial charge in [0, 0.05) is 5.54 Å². The Labute approximate surface area is 116 Å². The van der Waals surface area contributed by atoms with Crippen LogP contribution in [0.25, 0.3) is 0 Å². The number of hydrogen-bond donors (Lipinski definition) is 1. The molecule has 0 bridgehead atoms. The molecule has 18 heavy (non-hydrogen) atoms. The lowest BCUT2D eigenvalue weighted by Crippen LogP contribution is -2.31. The van der Waals surface area contributed by atoms with Crippen LogP contribution in [0.4, 0.5) is 0 Å². The van der Waals surface area contributed by atoms with E-state index in [2.05, 4.69) is 13.8 Å². The Morgan fingerprint density at radius 2 is 1.06 bits per heavy atom. The van der Waals surface area contributed by atoms with Gasteiger partial charge in [-0.05, 0) is 20.3 Å². The van der Waals surface area contributed by atoms with Gasteiger partial charge in [-0.15, -0.1) is 0 Å². The highest BCUT2D eigenvalue weighted by atomic mass is 14.7. The maximum absolute atomic E-state index is 5.85. The first-order chi connectivity index (χ1) is 8.56. The quantitative estimate of drug-likeness (QED) is 0.424. The van der Waals surface area contributed by atoms with Gasteiger partial charge in [0.2, 0.25) is 0 Å². The highest BCUT2D eigenvalue weighted by Crippen LogP contribution is 2.14. The van der Waals surface area contributed by atoms with Gasteiger partial charge in [0.15, 0.2) is 0 Å². The van der Waals surface area contributed by atoms with Crippen LogP contribution in [0.3, 0.4) is 0 Å². The van der Waals surface area contributed by atoms with E-state index in [9.17, 15) is 0 Å². The molecule has 0 rings (SSSR count). The van der Waals surface area contributed by atoms with Crippen LogP contribution in [0.2, 0.25) is 0 Å². The standard InChI is InChI=1S/C17H36N/c1-4-5-6-7-8-9-10-11-12-13-14-15-16-17(2,3)18/h2,4-16,18H2,1,3H3. The van der Waals surface area contributed by atoms with Gasteiger partial charge in [0.05, 0.1) is 0 Å². The Bertz CT molecular complexity index is 157. The van der Waals surface area contributed by atoms with Gasteiger partial charge < -0.3 is 5.73 Å². The monoisotopic (exact) mass is 254 g/mol. The van der Waals surface area contributed by atoms with Gasteiger partial charge in [0.25, 0.3) is 0 Å². The maximum atomic E-state index is 5.85. The third kappa shape index (κ3) is 16.0. The van der Waals surface area contributed by atoms with Gasteiger partial charge >= 0.3 is 0 Å². The molecule has 2 N–H and O–H groups in total. The predicted molar refractivity (Wildman–Crippen MR) is 83.6 cm³/mol. The van der Waals surface area contributed by atoms with E-state index in [0.29, 0.717) is 0 Å². The van der Waals surface area contributed by atoms with Crippen LogP contribution >= 0.6 is 0 Å². The number of rotatable bonds is 13. The Morgan fingerprint density at radius 1 is 0.722 bits per heavy atom. The van der Waals surface area contributed by atoms with Gasteiger partial charge in [-0.25, -0.2) is 0 Å². The second kappa shape index (κ2) is 12.0. The van der Waals surface area contributed by atoms with Crippen molar-refractivity contribution < 1.29 is 0 Å². The third-order valence-electron chi connectivity index (χ3n) is 3.60. The van der Waals surface area contributed by atoms with Crippen LogP contribution in [-0.4, -0.2) is 5.54 Å². The molecule has 0 fully saturated rings. The van der Waals surface area contributed by atoms with Crippen LogP contribution in [0.15, 0.2) is 0 Å². The van der Waals surface area contributed by atoms with E-state index in [4.69, 9.17) is 5.73 Å². The minimum atomic E-state index is -0.210. The lowest BCUT2D eigenvalue weighted by Gasteiger charge is -2.17. The van der Waals surface area contributed by atoms with Crippen LogP contribution < -0.4 is 5.73 Å². The molecule has 0 aliphatic rings. The molecule has 1 heteroatoms. The van der Waals surface area contributed by atoms with E-state index in [1.807, 2.05) is 6.92 Å². The van der Waals surface area contributed by atoms with Crippen molar-refractivity contribution in [1.82, 2.24) is 0 Å². The molecule has 0 aromatic rings. The van der Waals surface area contributed by atoms with Crippen molar-refractivity contribution in [3.05, 3.63) is 6.92 Å². The molecule has 0 spiro atoms. The molecule has 0 heterocycles. The van der Waals surface area contributed by atoms with Crippen molar-refractivity contribution in [2.75, 3.05) is 0 Å². The van der Waals surface area contributed by atoms with Gasteiger partial charge in [-0.3, -0.25) is 0 Å². The third-order valence-corrected chi connectivity index (χ3v) is 3.60. The molecule has 109 valence electrons. The van der Waals surface area contributed by atoms with Gasteiger partial charge in [-0.2, -0.15) is 0 Å². The average Bonchev–Trinajstić information content (AvgIpc) is 2.29. The van der Waals surface area contributed by atoms with Crippen molar-refractivity contribution in [2.24, 2.45) is 5.73 Å². The topological polar surface area (TPSA) is 26.0 Å². The Hall–Kier alpha value is -0.0400. The average molecular weight is 254 g/mol. The summed E-state index contributed by atoms with van der Waals surface area (Å²) in [6.07, 6.45) is 17.9. The van der Waals surface area contributed by atoms with Crippen LogP contribution in [0, 0.1) is 6.92 Å². The fourth-order valence-electron chi connectivity index (χ4n) is 2.37. The molecular formula is C17H36N. The molecule has 0 aromatic carbocycles. The molecule has 1 unspecified atom stereocenters. The lowest BCUT2D eigenvalue weighted by atomic mass is 9.97. The fourth-order valence-corrected chi connectivity index (χ4v) is 2.37. The summed E-state index contributed by atoms with van der Waals surface area (Å²) < 4.78 is 0. The van der Waals surface area contributed by atoms with Crippen molar-refractivity contribution in [3.8, 4) is 0 Å². The van der Waals surface area contributed by atoms with Crippen molar-refractivity contribution in [3.63, 3.8) is 0 Å². The maximum Gasteiger partial charge on any atom is 0.0126 e. The first-order valence-corrected chi connectivity index (χ1v) is 8.20. The largest absolute Gasteiger partial charge is 0.325 e. The fraction of sp³-hybridized carbons (Fsp3) is 0.941. The number of hydrogen-bond acceptors (Lipinski definition) is 1.